The zero-order valence-corrected chi connectivity index (χ0v) is 13.8. The Labute approximate surface area is 140 Å². The summed E-state index contributed by atoms with van der Waals surface area (Å²) < 4.78 is 3.82. The zero-order chi connectivity index (χ0) is 16.5. The molecule has 2 aromatic heterocycles. The normalized spacial score (nSPS) is 16.9. The number of nitrogens with zero attached hydrogens (tertiary/aromatic N) is 5. The average molecular weight is 321 g/mol. The molecule has 0 spiro atoms. The van der Waals surface area contributed by atoms with Crippen LogP contribution in [0.2, 0.25) is 0 Å². The third kappa shape index (κ3) is 2.82. The molecule has 0 saturated carbocycles. The Hall–Kier alpha value is -2.89. The van der Waals surface area contributed by atoms with Crippen LogP contribution < -0.4 is 0 Å². The van der Waals surface area contributed by atoms with Crippen molar-refractivity contribution in [1.82, 2.24) is 19.6 Å². The van der Waals surface area contributed by atoms with Crippen LogP contribution in [-0.4, -0.2) is 31.4 Å². The minimum atomic E-state index is 0.0313. The Bertz CT molecular complexity index is 861. The molecule has 1 aromatic carbocycles. The van der Waals surface area contributed by atoms with E-state index in [9.17, 15) is 0 Å². The molecule has 3 aromatic rings. The monoisotopic (exact) mass is 321 g/mol. The summed E-state index contributed by atoms with van der Waals surface area (Å²) in [6.45, 7) is 4.78. The van der Waals surface area contributed by atoms with Crippen LogP contribution in [-0.2, 0) is 11.4 Å². The lowest BCUT2D eigenvalue weighted by molar-refractivity contribution is 0.0692. The first-order valence-corrected chi connectivity index (χ1v) is 8.03. The number of oxime groups is 1. The largest absolute Gasteiger partial charge is 0.390 e. The topological polar surface area (TPSA) is 57.2 Å². The highest BCUT2D eigenvalue weighted by Gasteiger charge is 2.23. The molecule has 0 bridgehead atoms. The number of hydrogen-bond donors (Lipinski definition) is 0. The van der Waals surface area contributed by atoms with E-state index >= 15 is 0 Å². The Balaban J connectivity index is 1.44. The van der Waals surface area contributed by atoms with Crippen LogP contribution in [0.25, 0.3) is 5.69 Å². The number of hydrogen-bond acceptors (Lipinski definition) is 4. The molecule has 0 amide bonds. The lowest BCUT2D eigenvalue weighted by Gasteiger charge is -2.09. The second-order valence-electron chi connectivity index (χ2n) is 6.08. The summed E-state index contributed by atoms with van der Waals surface area (Å²) >= 11 is 0. The van der Waals surface area contributed by atoms with Crippen LogP contribution in [0.1, 0.15) is 23.4 Å². The standard InChI is InChI=1S/C18H19N5O/c1-13-10-14(2)23(20-13)12-17-11-18(21-24-17)15-4-6-16(7-5-15)22-9-3-8-19-22/h3-10,17H,11-12H2,1-2H3/t17-/m0/s1. The van der Waals surface area contributed by atoms with Crippen molar-refractivity contribution in [1.29, 1.82) is 0 Å². The summed E-state index contributed by atoms with van der Waals surface area (Å²) in [5.41, 5.74) is 5.27. The van der Waals surface area contributed by atoms with E-state index in [-0.39, 0.29) is 6.10 Å². The predicted molar refractivity (Wildman–Crippen MR) is 91.3 cm³/mol. The first-order valence-electron chi connectivity index (χ1n) is 8.03. The van der Waals surface area contributed by atoms with Gasteiger partial charge in [-0.15, -0.1) is 0 Å². The molecule has 3 heterocycles. The summed E-state index contributed by atoms with van der Waals surface area (Å²) in [6.07, 6.45) is 4.52. The van der Waals surface area contributed by atoms with Crippen molar-refractivity contribution < 1.29 is 4.84 Å². The maximum absolute atomic E-state index is 5.60. The Morgan fingerprint density at radius 3 is 2.71 bits per heavy atom. The number of rotatable bonds is 4. The van der Waals surface area contributed by atoms with E-state index in [0.29, 0.717) is 0 Å². The summed E-state index contributed by atoms with van der Waals surface area (Å²) in [5.74, 6) is 0. The lowest BCUT2D eigenvalue weighted by Crippen LogP contribution is -2.18. The Morgan fingerprint density at radius 2 is 2.04 bits per heavy atom. The third-order valence-electron chi connectivity index (χ3n) is 4.18. The van der Waals surface area contributed by atoms with Crippen LogP contribution in [0.4, 0.5) is 0 Å². The van der Waals surface area contributed by atoms with Gasteiger partial charge >= 0.3 is 0 Å². The molecule has 0 unspecified atom stereocenters. The fourth-order valence-corrected chi connectivity index (χ4v) is 2.98. The lowest BCUT2D eigenvalue weighted by atomic mass is 10.0. The van der Waals surface area contributed by atoms with Crippen LogP contribution in [0.15, 0.2) is 53.9 Å². The van der Waals surface area contributed by atoms with E-state index in [1.807, 2.05) is 40.7 Å². The predicted octanol–water partition coefficient (Wildman–Crippen LogP) is 2.88. The molecule has 4 rings (SSSR count). The summed E-state index contributed by atoms with van der Waals surface area (Å²) in [5, 5.41) is 13.0. The quantitative estimate of drug-likeness (QED) is 0.742. The van der Waals surface area contributed by atoms with Crippen molar-refractivity contribution in [2.24, 2.45) is 5.16 Å². The molecule has 122 valence electrons. The number of aryl methyl sites for hydroxylation is 2. The average Bonchev–Trinajstić information content (AvgIpc) is 3.31. The van der Waals surface area contributed by atoms with E-state index in [2.05, 4.69) is 40.5 Å². The molecule has 24 heavy (non-hydrogen) atoms. The van der Waals surface area contributed by atoms with Crippen molar-refractivity contribution in [2.75, 3.05) is 0 Å². The molecular weight excluding hydrogens is 302 g/mol. The molecule has 0 N–H and O–H groups in total. The van der Waals surface area contributed by atoms with Gasteiger partial charge in [0.05, 0.1) is 23.6 Å². The molecule has 0 fully saturated rings. The van der Waals surface area contributed by atoms with E-state index in [4.69, 9.17) is 4.84 Å². The van der Waals surface area contributed by atoms with Crippen LogP contribution in [0.3, 0.4) is 0 Å². The third-order valence-corrected chi connectivity index (χ3v) is 4.18. The number of aromatic nitrogens is 4. The minimum Gasteiger partial charge on any atom is -0.390 e. The molecule has 1 aliphatic rings. The van der Waals surface area contributed by atoms with Crippen LogP contribution in [0, 0.1) is 13.8 Å². The molecule has 0 aliphatic carbocycles. The van der Waals surface area contributed by atoms with Crippen molar-refractivity contribution in [3.05, 3.63) is 65.7 Å². The molecule has 0 saturated heterocycles. The molecular formula is C18H19N5O. The second kappa shape index (κ2) is 5.96. The highest BCUT2D eigenvalue weighted by Crippen LogP contribution is 2.20. The molecule has 1 atom stereocenters. The van der Waals surface area contributed by atoms with Gasteiger partial charge in [-0.05, 0) is 43.7 Å². The van der Waals surface area contributed by atoms with Gasteiger partial charge < -0.3 is 4.84 Å². The van der Waals surface area contributed by atoms with Crippen molar-refractivity contribution in [3.63, 3.8) is 0 Å². The van der Waals surface area contributed by atoms with Crippen LogP contribution in [0.5, 0.6) is 0 Å². The van der Waals surface area contributed by atoms with Gasteiger partial charge in [0.15, 0.2) is 6.10 Å². The van der Waals surface area contributed by atoms with Gasteiger partial charge in [-0.25, -0.2) is 4.68 Å². The molecule has 6 nitrogen and oxygen atoms in total. The van der Waals surface area contributed by atoms with Crippen molar-refractivity contribution >= 4 is 5.71 Å². The highest BCUT2D eigenvalue weighted by atomic mass is 16.6. The summed E-state index contributed by atoms with van der Waals surface area (Å²) in [6, 6.07) is 12.2. The van der Waals surface area contributed by atoms with Gasteiger partial charge in [0.25, 0.3) is 0 Å². The van der Waals surface area contributed by atoms with Gasteiger partial charge in [-0.2, -0.15) is 10.2 Å². The summed E-state index contributed by atoms with van der Waals surface area (Å²) in [7, 11) is 0. The van der Waals surface area contributed by atoms with Gasteiger partial charge in [0.2, 0.25) is 0 Å². The van der Waals surface area contributed by atoms with Crippen molar-refractivity contribution in [2.45, 2.75) is 32.9 Å². The Kier molecular flexibility index (Phi) is 3.65. The maximum Gasteiger partial charge on any atom is 0.152 e. The van der Waals surface area contributed by atoms with Crippen molar-refractivity contribution in [3.8, 4) is 5.69 Å². The molecule has 1 aliphatic heterocycles. The van der Waals surface area contributed by atoms with E-state index in [0.717, 1.165) is 41.3 Å². The highest BCUT2D eigenvalue weighted by molar-refractivity contribution is 6.01. The molecule has 0 radical (unpaired) electrons. The van der Waals surface area contributed by atoms with Gasteiger partial charge in [0, 0.05) is 24.5 Å². The maximum atomic E-state index is 5.60. The minimum absolute atomic E-state index is 0.0313. The van der Waals surface area contributed by atoms with E-state index < -0.39 is 0 Å². The van der Waals surface area contributed by atoms with Gasteiger partial charge in [-0.3, -0.25) is 4.68 Å². The number of benzene rings is 1. The van der Waals surface area contributed by atoms with Gasteiger partial charge in [-0.1, -0.05) is 17.3 Å². The first kappa shape index (κ1) is 14.7. The van der Waals surface area contributed by atoms with Gasteiger partial charge in [0.1, 0.15) is 0 Å². The fraction of sp³-hybridized carbons (Fsp3) is 0.278. The zero-order valence-electron chi connectivity index (χ0n) is 13.8. The second-order valence-corrected chi connectivity index (χ2v) is 6.08. The van der Waals surface area contributed by atoms with E-state index in [1.54, 1.807) is 6.20 Å². The Morgan fingerprint density at radius 1 is 1.21 bits per heavy atom. The molecule has 6 heteroatoms. The fourth-order valence-electron chi connectivity index (χ4n) is 2.98. The summed E-state index contributed by atoms with van der Waals surface area (Å²) in [4.78, 5) is 5.60. The van der Waals surface area contributed by atoms with Crippen LogP contribution >= 0.6 is 0 Å². The van der Waals surface area contributed by atoms with E-state index in [1.165, 1.54) is 0 Å². The SMILES string of the molecule is Cc1cc(C)n(C[C@@H]2CC(c3ccc(-n4cccn4)cc3)=NO2)n1. The smallest absolute Gasteiger partial charge is 0.152 e. The first-order chi connectivity index (χ1) is 11.7.